The monoisotopic (exact) mass is 227 g/mol. The normalized spacial score (nSPS) is 13.6. The summed E-state index contributed by atoms with van der Waals surface area (Å²) in [6.07, 6.45) is 2.36. The second kappa shape index (κ2) is 7.70. The molecule has 0 radical (unpaired) electrons. The molecule has 2 nitrogen and oxygen atoms in total. The fraction of sp³-hybridized carbons (Fsp3) is 0.929. The summed E-state index contributed by atoms with van der Waals surface area (Å²) in [6, 6.07) is 0. The van der Waals surface area contributed by atoms with Crippen molar-refractivity contribution < 1.29 is 4.79 Å². The third kappa shape index (κ3) is 6.86. The second-order valence-electron chi connectivity index (χ2n) is 5.87. The fourth-order valence-electron chi connectivity index (χ4n) is 1.91. The summed E-state index contributed by atoms with van der Waals surface area (Å²) in [4.78, 5) is 11.4. The van der Waals surface area contributed by atoms with Crippen LogP contribution in [0.5, 0.6) is 0 Å². The van der Waals surface area contributed by atoms with E-state index in [1.807, 2.05) is 13.8 Å². The molecule has 2 heteroatoms. The number of nitrogens with one attached hydrogen (secondary N) is 1. The predicted octanol–water partition coefficient (Wildman–Crippen LogP) is 3.47. The molecule has 1 N–H and O–H groups in total. The zero-order chi connectivity index (χ0) is 12.7. The van der Waals surface area contributed by atoms with Crippen LogP contribution in [0, 0.1) is 23.7 Å². The number of amides is 1. The van der Waals surface area contributed by atoms with Crippen LogP contribution in [0.3, 0.4) is 0 Å². The molecule has 1 amide bonds. The van der Waals surface area contributed by atoms with Gasteiger partial charge in [-0.2, -0.15) is 0 Å². The Bertz CT molecular complexity index is 197. The number of carbonyl (C=O) groups is 1. The SMILES string of the molecule is CC(C)CC(CCNC(=O)C(C)C)C(C)C. The molecule has 16 heavy (non-hydrogen) atoms. The number of rotatable bonds is 7. The van der Waals surface area contributed by atoms with E-state index in [1.165, 1.54) is 6.42 Å². The molecule has 1 unspecified atom stereocenters. The van der Waals surface area contributed by atoms with Crippen molar-refractivity contribution in [1.82, 2.24) is 5.32 Å². The van der Waals surface area contributed by atoms with Gasteiger partial charge in [-0.1, -0.05) is 41.5 Å². The molecule has 0 aromatic carbocycles. The maximum atomic E-state index is 11.4. The summed E-state index contributed by atoms with van der Waals surface area (Å²) in [5.41, 5.74) is 0. The van der Waals surface area contributed by atoms with Gasteiger partial charge in [0.2, 0.25) is 5.91 Å². The van der Waals surface area contributed by atoms with Crippen LogP contribution in [0.15, 0.2) is 0 Å². The first-order chi connectivity index (χ1) is 7.34. The van der Waals surface area contributed by atoms with E-state index in [1.54, 1.807) is 0 Å². The molecular weight excluding hydrogens is 198 g/mol. The van der Waals surface area contributed by atoms with Crippen molar-refractivity contribution in [3.8, 4) is 0 Å². The van der Waals surface area contributed by atoms with E-state index in [2.05, 4.69) is 33.0 Å². The van der Waals surface area contributed by atoms with Crippen LogP contribution in [-0.2, 0) is 4.79 Å². The Kier molecular flexibility index (Phi) is 7.44. The lowest BCUT2D eigenvalue weighted by Gasteiger charge is -2.23. The summed E-state index contributed by atoms with van der Waals surface area (Å²) in [5, 5.41) is 3.00. The Hall–Kier alpha value is -0.530. The Balaban J connectivity index is 3.89. The molecule has 0 aliphatic rings. The number of hydrogen-bond acceptors (Lipinski definition) is 1. The van der Waals surface area contributed by atoms with Crippen molar-refractivity contribution >= 4 is 5.91 Å². The predicted molar refractivity (Wildman–Crippen MR) is 70.2 cm³/mol. The molecular formula is C14H29NO. The standard InChI is InChI=1S/C14H29NO/c1-10(2)9-13(11(3)4)7-8-15-14(16)12(5)6/h10-13H,7-9H2,1-6H3,(H,15,16). The summed E-state index contributed by atoms with van der Waals surface area (Å²) >= 11 is 0. The smallest absolute Gasteiger partial charge is 0.222 e. The first-order valence-corrected chi connectivity index (χ1v) is 6.62. The van der Waals surface area contributed by atoms with E-state index in [9.17, 15) is 4.79 Å². The highest BCUT2D eigenvalue weighted by molar-refractivity contribution is 5.77. The van der Waals surface area contributed by atoms with Gasteiger partial charge in [0.15, 0.2) is 0 Å². The van der Waals surface area contributed by atoms with Crippen LogP contribution in [0.2, 0.25) is 0 Å². The van der Waals surface area contributed by atoms with E-state index < -0.39 is 0 Å². The highest BCUT2D eigenvalue weighted by Crippen LogP contribution is 2.22. The van der Waals surface area contributed by atoms with Gasteiger partial charge in [-0.25, -0.2) is 0 Å². The van der Waals surface area contributed by atoms with Gasteiger partial charge < -0.3 is 5.32 Å². The van der Waals surface area contributed by atoms with Crippen molar-refractivity contribution in [1.29, 1.82) is 0 Å². The first kappa shape index (κ1) is 15.5. The molecule has 0 rings (SSSR count). The molecule has 0 heterocycles. The molecule has 0 aliphatic carbocycles. The van der Waals surface area contributed by atoms with Gasteiger partial charge in [-0.3, -0.25) is 4.79 Å². The minimum absolute atomic E-state index is 0.0996. The molecule has 0 aromatic heterocycles. The van der Waals surface area contributed by atoms with Crippen LogP contribution in [0.25, 0.3) is 0 Å². The zero-order valence-electron chi connectivity index (χ0n) is 11.8. The molecule has 0 fully saturated rings. The van der Waals surface area contributed by atoms with Gasteiger partial charge >= 0.3 is 0 Å². The van der Waals surface area contributed by atoms with Crippen LogP contribution < -0.4 is 5.32 Å². The summed E-state index contributed by atoms with van der Waals surface area (Å²) in [5.74, 6) is 2.45. The lowest BCUT2D eigenvalue weighted by Crippen LogP contribution is -2.30. The molecule has 0 aromatic rings. The van der Waals surface area contributed by atoms with Crippen molar-refractivity contribution in [2.45, 2.75) is 54.4 Å². The van der Waals surface area contributed by atoms with Gasteiger partial charge in [0.1, 0.15) is 0 Å². The summed E-state index contributed by atoms with van der Waals surface area (Å²) in [7, 11) is 0. The second-order valence-corrected chi connectivity index (χ2v) is 5.87. The van der Waals surface area contributed by atoms with E-state index in [-0.39, 0.29) is 11.8 Å². The van der Waals surface area contributed by atoms with Gasteiger partial charge in [0, 0.05) is 12.5 Å². The van der Waals surface area contributed by atoms with E-state index in [0.29, 0.717) is 5.92 Å². The Morgan fingerprint density at radius 3 is 2.00 bits per heavy atom. The average molecular weight is 227 g/mol. The number of hydrogen-bond donors (Lipinski definition) is 1. The molecule has 0 saturated carbocycles. The van der Waals surface area contributed by atoms with Gasteiger partial charge in [-0.05, 0) is 30.6 Å². The zero-order valence-corrected chi connectivity index (χ0v) is 11.8. The third-order valence-corrected chi connectivity index (χ3v) is 3.06. The van der Waals surface area contributed by atoms with Crippen molar-refractivity contribution in [2.24, 2.45) is 23.7 Å². The third-order valence-electron chi connectivity index (χ3n) is 3.06. The van der Waals surface area contributed by atoms with Gasteiger partial charge in [0.25, 0.3) is 0 Å². The topological polar surface area (TPSA) is 29.1 Å². The lowest BCUT2D eigenvalue weighted by atomic mass is 9.85. The highest BCUT2D eigenvalue weighted by Gasteiger charge is 2.15. The number of carbonyl (C=O) groups excluding carboxylic acids is 1. The molecule has 0 spiro atoms. The molecule has 96 valence electrons. The van der Waals surface area contributed by atoms with Crippen molar-refractivity contribution in [2.75, 3.05) is 6.54 Å². The Morgan fingerprint density at radius 1 is 1.06 bits per heavy atom. The van der Waals surface area contributed by atoms with E-state index in [4.69, 9.17) is 0 Å². The largest absolute Gasteiger partial charge is 0.356 e. The summed E-state index contributed by atoms with van der Waals surface area (Å²) in [6.45, 7) is 13.8. The fourth-order valence-corrected chi connectivity index (χ4v) is 1.91. The highest BCUT2D eigenvalue weighted by atomic mass is 16.1. The van der Waals surface area contributed by atoms with Gasteiger partial charge in [0.05, 0.1) is 0 Å². The maximum Gasteiger partial charge on any atom is 0.222 e. The first-order valence-electron chi connectivity index (χ1n) is 6.62. The van der Waals surface area contributed by atoms with Crippen LogP contribution >= 0.6 is 0 Å². The Morgan fingerprint density at radius 2 is 1.62 bits per heavy atom. The van der Waals surface area contributed by atoms with Crippen molar-refractivity contribution in [3.63, 3.8) is 0 Å². The van der Waals surface area contributed by atoms with Gasteiger partial charge in [-0.15, -0.1) is 0 Å². The quantitative estimate of drug-likeness (QED) is 0.709. The molecule has 0 bridgehead atoms. The maximum absolute atomic E-state index is 11.4. The van der Waals surface area contributed by atoms with Crippen LogP contribution in [-0.4, -0.2) is 12.5 Å². The van der Waals surface area contributed by atoms with Crippen molar-refractivity contribution in [3.05, 3.63) is 0 Å². The van der Waals surface area contributed by atoms with E-state index in [0.717, 1.165) is 24.8 Å². The van der Waals surface area contributed by atoms with Crippen LogP contribution in [0.1, 0.15) is 54.4 Å². The average Bonchev–Trinajstić information content (AvgIpc) is 2.14. The minimum Gasteiger partial charge on any atom is -0.356 e. The molecule has 0 aliphatic heterocycles. The molecule has 0 saturated heterocycles. The molecule has 1 atom stereocenters. The Labute approximate surface area is 101 Å². The van der Waals surface area contributed by atoms with Crippen LogP contribution in [0.4, 0.5) is 0 Å². The lowest BCUT2D eigenvalue weighted by molar-refractivity contribution is -0.124. The van der Waals surface area contributed by atoms with E-state index >= 15 is 0 Å². The summed E-state index contributed by atoms with van der Waals surface area (Å²) < 4.78 is 0. The minimum atomic E-state index is 0.0996.